The van der Waals surface area contributed by atoms with E-state index in [1.807, 2.05) is 24.1 Å². The summed E-state index contributed by atoms with van der Waals surface area (Å²) in [4.78, 5) is 10.8. The number of aryl methyl sites for hydroxylation is 1. The van der Waals surface area contributed by atoms with Crippen LogP contribution in [0.5, 0.6) is 0 Å². The van der Waals surface area contributed by atoms with Gasteiger partial charge in [0, 0.05) is 31.3 Å². The maximum atomic E-state index is 13.5. The van der Waals surface area contributed by atoms with Crippen molar-refractivity contribution < 1.29 is 8.78 Å². The summed E-state index contributed by atoms with van der Waals surface area (Å²) < 4.78 is 27.0. The quantitative estimate of drug-likeness (QED) is 0.616. The second-order valence-corrected chi connectivity index (χ2v) is 6.31. The van der Waals surface area contributed by atoms with E-state index >= 15 is 0 Å². The van der Waals surface area contributed by atoms with Gasteiger partial charge in [-0.2, -0.15) is 0 Å². The standard InChI is InChI=1S/C13H17F2N3S/c1-9-6-10(17-11(16-9)19-2)18-5-3-4-12(8-18)7-13(12,14)15/h6H,3-5,7-8H2,1-2H3. The van der Waals surface area contributed by atoms with Gasteiger partial charge in [-0.05, 0) is 26.0 Å². The molecule has 1 saturated carbocycles. The number of rotatable bonds is 2. The van der Waals surface area contributed by atoms with Crippen LogP contribution >= 0.6 is 11.8 Å². The summed E-state index contributed by atoms with van der Waals surface area (Å²) in [7, 11) is 0. The van der Waals surface area contributed by atoms with Crippen molar-refractivity contribution in [2.45, 2.75) is 37.3 Å². The smallest absolute Gasteiger partial charge is 0.256 e. The average molecular weight is 285 g/mol. The summed E-state index contributed by atoms with van der Waals surface area (Å²) in [5.41, 5.74) is 0.0976. The van der Waals surface area contributed by atoms with Gasteiger partial charge in [0.1, 0.15) is 5.82 Å². The van der Waals surface area contributed by atoms with E-state index in [0.717, 1.165) is 24.5 Å². The van der Waals surface area contributed by atoms with E-state index in [2.05, 4.69) is 9.97 Å². The summed E-state index contributed by atoms with van der Waals surface area (Å²) in [5, 5.41) is 0.706. The van der Waals surface area contributed by atoms with Gasteiger partial charge < -0.3 is 4.90 Å². The van der Waals surface area contributed by atoms with Crippen LogP contribution in [0.1, 0.15) is 25.0 Å². The predicted octanol–water partition coefficient (Wildman–Crippen LogP) is 3.13. The lowest BCUT2D eigenvalue weighted by molar-refractivity contribution is 0.0574. The lowest BCUT2D eigenvalue weighted by Gasteiger charge is -2.34. The van der Waals surface area contributed by atoms with Gasteiger partial charge in [0.25, 0.3) is 5.92 Å². The summed E-state index contributed by atoms with van der Waals surface area (Å²) >= 11 is 1.48. The van der Waals surface area contributed by atoms with E-state index in [0.29, 0.717) is 18.1 Å². The zero-order valence-corrected chi connectivity index (χ0v) is 11.9. The lowest BCUT2D eigenvalue weighted by atomic mass is 9.94. The van der Waals surface area contributed by atoms with E-state index in [1.165, 1.54) is 11.8 Å². The minimum atomic E-state index is -2.48. The van der Waals surface area contributed by atoms with Crippen LogP contribution in [0.25, 0.3) is 0 Å². The van der Waals surface area contributed by atoms with Gasteiger partial charge in [-0.15, -0.1) is 0 Å². The molecule has 0 bridgehead atoms. The largest absolute Gasteiger partial charge is 0.356 e. The van der Waals surface area contributed by atoms with Gasteiger partial charge in [-0.1, -0.05) is 11.8 Å². The monoisotopic (exact) mass is 285 g/mol. The molecule has 19 heavy (non-hydrogen) atoms. The van der Waals surface area contributed by atoms with Crippen molar-refractivity contribution in [1.82, 2.24) is 9.97 Å². The molecule has 6 heteroatoms. The van der Waals surface area contributed by atoms with Crippen molar-refractivity contribution in [2.24, 2.45) is 5.41 Å². The number of alkyl halides is 2. The van der Waals surface area contributed by atoms with Crippen LogP contribution in [0.3, 0.4) is 0 Å². The first-order valence-electron chi connectivity index (χ1n) is 6.48. The van der Waals surface area contributed by atoms with Crippen LogP contribution in [0.15, 0.2) is 11.2 Å². The summed E-state index contributed by atoms with van der Waals surface area (Å²) in [6, 6.07) is 1.89. The van der Waals surface area contributed by atoms with E-state index in [4.69, 9.17) is 0 Å². The molecule has 1 atom stereocenters. The average Bonchev–Trinajstić information content (AvgIpc) is 2.88. The summed E-state index contributed by atoms with van der Waals surface area (Å²) in [5.74, 6) is -1.69. The summed E-state index contributed by atoms with van der Waals surface area (Å²) in [6.45, 7) is 3.14. The second kappa shape index (κ2) is 4.30. The number of nitrogens with zero attached hydrogens (tertiary/aromatic N) is 3. The zero-order chi connectivity index (χ0) is 13.7. The molecule has 104 valence electrons. The number of piperidine rings is 1. The number of halogens is 2. The van der Waals surface area contributed by atoms with Gasteiger partial charge in [0.2, 0.25) is 0 Å². The van der Waals surface area contributed by atoms with Crippen LogP contribution in [0.2, 0.25) is 0 Å². The third-order valence-electron chi connectivity index (χ3n) is 4.11. The molecule has 0 amide bonds. The van der Waals surface area contributed by atoms with E-state index in [9.17, 15) is 8.78 Å². The fraction of sp³-hybridized carbons (Fsp3) is 0.692. The highest BCUT2D eigenvalue weighted by Crippen LogP contribution is 2.64. The van der Waals surface area contributed by atoms with Crippen LogP contribution < -0.4 is 4.90 Å². The van der Waals surface area contributed by atoms with Crippen LogP contribution in [-0.2, 0) is 0 Å². The molecule has 2 fully saturated rings. The topological polar surface area (TPSA) is 29.0 Å². The molecule has 2 aliphatic rings. The molecule has 1 aromatic heterocycles. The minimum absolute atomic E-state index is 0.0376. The predicted molar refractivity (Wildman–Crippen MR) is 72.0 cm³/mol. The van der Waals surface area contributed by atoms with Crippen molar-refractivity contribution in [2.75, 3.05) is 24.2 Å². The summed E-state index contributed by atoms with van der Waals surface area (Å²) in [6.07, 6.45) is 3.41. The first kappa shape index (κ1) is 13.1. The number of hydrogen-bond acceptors (Lipinski definition) is 4. The Balaban J connectivity index is 1.84. The Labute approximate surface area is 115 Å². The third-order valence-corrected chi connectivity index (χ3v) is 4.66. The van der Waals surface area contributed by atoms with Crippen molar-refractivity contribution in [3.05, 3.63) is 11.8 Å². The van der Waals surface area contributed by atoms with Gasteiger partial charge in [-0.25, -0.2) is 18.7 Å². The Kier molecular flexibility index (Phi) is 2.96. The van der Waals surface area contributed by atoms with Crippen molar-refractivity contribution >= 4 is 17.6 Å². The molecule has 2 heterocycles. The zero-order valence-electron chi connectivity index (χ0n) is 11.1. The van der Waals surface area contributed by atoms with Crippen molar-refractivity contribution in [3.63, 3.8) is 0 Å². The molecule has 1 aliphatic heterocycles. The molecule has 1 aliphatic carbocycles. The minimum Gasteiger partial charge on any atom is -0.356 e. The number of thioether (sulfide) groups is 1. The van der Waals surface area contributed by atoms with Crippen LogP contribution in [-0.4, -0.2) is 35.2 Å². The second-order valence-electron chi connectivity index (χ2n) is 5.54. The Morgan fingerprint density at radius 3 is 2.74 bits per heavy atom. The highest BCUT2D eigenvalue weighted by molar-refractivity contribution is 7.98. The maximum absolute atomic E-state index is 13.5. The number of aromatic nitrogens is 2. The van der Waals surface area contributed by atoms with Gasteiger partial charge >= 0.3 is 0 Å². The molecular formula is C13H17F2N3S. The normalized spacial score (nSPS) is 28.7. The molecule has 1 aromatic rings. The molecule has 0 radical (unpaired) electrons. The Morgan fingerprint density at radius 2 is 2.11 bits per heavy atom. The molecule has 3 rings (SSSR count). The Bertz CT molecular complexity index is 509. The highest BCUT2D eigenvalue weighted by atomic mass is 32.2. The SMILES string of the molecule is CSc1nc(C)cc(N2CCCC3(C2)CC3(F)F)n1. The van der Waals surface area contributed by atoms with Crippen molar-refractivity contribution in [3.8, 4) is 0 Å². The molecule has 1 unspecified atom stereocenters. The highest BCUT2D eigenvalue weighted by Gasteiger charge is 2.71. The first-order valence-corrected chi connectivity index (χ1v) is 7.71. The molecular weight excluding hydrogens is 268 g/mol. The molecule has 0 N–H and O–H groups in total. The van der Waals surface area contributed by atoms with Crippen LogP contribution in [0, 0.1) is 12.3 Å². The molecule has 3 nitrogen and oxygen atoms in total. The van der Waals surface area contributed by atoms with Gasteiger partial charge in [-0.3, -0.25) is 0 Å². The number of anilines is 1. The Hall–Kier alpha value is -0.910. The van der Waals surface area contributed by atoms with E-state index in [-0.39, 0.29) is 6.42 Å². The lowest BCUT2D eigenvalue weighted by Crippen LogP contribution is -2.39. The van der Waals surface area contributed by atoms with E-state index < -0.39 is 11.3 Å². The molecule has 1 saturated heterocycles. The van der Waals surface area contributed by atoms with Crippen LogP contribution in [0.4, 0.5) is 14.6 Å². The third kappa shape index (κ3) is 2.20. The Morgan fingerprint density at radius 1 is 1.37 bits per heavy atom. The fourth-order valence-electron chi connectivity index (χ4n) is 2.93. The molecule has 1 spiro atoms. The van der Waals surface area contributed by atoms with Crippen molar-refractivity contribution in [1.29, 1.82) is 0 Å². The number of hydrogen-bond donors (Lipinski definition) is 0. The maximum Gasteiger partial charge on any atom is 0.256 e. The first-order chi connectivity index (χ1) is 8.96. The van der Waals surface area contributed by atoms with E-state index in [1.54, 1.807) is 0 Å². The molecule has 0 aromatic carbocycles. The fourth-order valence-corrected chi connectivity index (χ4v) is 3.35. The van der Waals surface area contributed by atoms with Gasteiger partial charge in [0.15, 0.2) is 5.16 Å². The van der Waals surface area contributed by atoms with Gasteiger partial charge in [0.05, 0.1) is 5.41 Å².